The molecule has 0 fully saturated rings. The lowest BCUT2D eigenvalue weighted by Crippen LogP contribution is -1.83. The molecule has 1 N–H and O–H groups in total. The van der Waals surface area contributed by atoms with Crippen molar-refractivity contribution < 1.29 is 5.11 Å². The highest BCUT2D eigenvalue weighted by atomic mass is 16.2. The number of unbranched alkanes of at least 4 members (excludes halogenated alkanes) is 2. The van der Waals surface area contributed by atoms with Gasteiger partial charge in [-0.25, -0.2) is 4.98 Å². The van der Waals surface area contributed by atoms with Crippen molar-refractivity contribution in [2.45, 2.75) is 19.3 Å². The summed E-state index contributed by atoms with van der Waals surface area (Å²) >= 11 is 0. The molecule has 1 aromatic heterocycles. The monoisotopic (exact) mass is 176 g/mol. The van der Waals surface area contributed by atoms with Gasteiger partial charge in [0, 0.05) is 25.4 Å². The molecule has 0 saturated carbocycles. The number of hydrogen-bond acceptors (Lipinski definition) is 3. The van der Waals surface area contributed by atoms with Crippen LogP contribution in [0.5, 0.6) is 0 Å². The molecule has 0 radical (unpaired) electrons. The van der Waals surface area contributed by atoms with Crippen molar-refractivity contribution in [2.75, 3.05) is 6.61 Å². The first-order chi connectivity index (χ1) is 6.43. The van der Waals surface area contributed by atoms with Gasteiger partial charge in [0.05, 0.1) is 6.20 Å². The zero-order valence-electron chi connectivity index (χ0n) is 7.40. The first-order valence-electron chi connectivity index (χ1n) is 4.29. The Morgan fingerprint density at radius 3 is 2.92 bits per heavy atom. The van der Waals surface area contributed by atoms with E-state index < -0.39 is 0 Å². The molecule has 0 atom stereocenters. The van der Waals surface area contributed by atoms with Crippen LogP contribution in [0.1, 0.15) is 25.0 Å². The van der Waals surface area contributed by atoms with Crippen molar-refractivity contribution in [3.8, 4) is 11.8 Å². The summed E-state index contributed by atoms with van der Waals surface area (Å²) in [6.45, 7) is 0.243. The minimum Gasteiger partial charge on any atom is -0.396 e. The molecular weight excluding hydrogens is 164 g/mol. The summed E-state index contributed by atoms with van der Waals surface area (Å²) in [4.78, 5) is 7.91. The zero-order chi connectivity index (χ0) is 9.36. The highest BCUT2D eigenvalue weighted by molar-refractivity contribution is 5.23. The molecule has 68 valence electrons. The van der Waals surface area contributed by atoms with E-state index in [0.717, 1.165) is 19.3 Å². The van der Waals surface area contributed by atoms with Gasteiger partial charge in [-0.3, -0.25) is 4.98 Å². The maximum atomic E-state index is 8.51. The number of rotatable bonds is 3. The van der Waals surface area contributed by atoms with E-state index in [1.54, 1.807) is 18.6 Å². The number of nitrogens with zero attached hydrogens (tertiary/aromatic N) is 2. The van der Waals surface area contributed by atoms with Crippen molar-refractivity contribution in [3.63, 3.8) is 0 Å². The van der Waals surface area contributed by atoms with Crippen LogP contribution in [0, 0.1) is 11.8 Å². The molecule has 1 rings (SSSR count). The van der Waals surface area contributed by atoms with Gasteiger partial charge in [-0.05, 0) is 18.8 Å². The fourth-order valence-corrected chi connectivity index (χ4v) is 0.842. The van der Waals surface area contributed by atoms with Gasteiger partial charge in [-0.2, -0.15) is 0 Å². The average molecular weight is 176 g/mol. The third kappa shape index (κ3) is 4.24. The Morgan fingerprint density at radius 2 is 2.23 bits per heavy atom. The summed E-state index contributed by atoms with van der Waals surface area (Å²) in [7, 11) is 0. The van der Waals surface area contributed by atoms with Crippen LogP contribution in [0.3, 0.4) is 0 Å². The van der Waals surface area contributed by atoms with E-state index in [0.29, 0.717) is 5.69 Å². The molecule has 0 aliphatic carbocycles. The molecule has 3 heteroatoms. The normalized spacial score (nSPS) is 9.00. The molecule has 1 aromatic rings. The van der Waals surface area contributed by atoms with Crippen molar-refractivity contribution in [1.29, 1.82) is 0 Å². The van der Waals surface area contributed by atoms with E-state index in [-0.39, 0.29) is 6.61 Å². The minimum absolute atomic E-state index is 0.243. The Morgan fingerprint density at radius 1 is 1.31 bits per heavy atom. The Balaban J connectivity index is 2.31. The number of aliphatic hydroxyl groups excluding tert-OH is 1. The highest BCUT2D eigenvalue weighted by Gasteiger charge is 1.84. The van der Waals surface area contributed by atoms with E-state index >= 15 is 0 Å². The van der Waals surface area contributed by atoms with E-state index in [1.807, 2.05) is 0 Å². The lowest BCUT2D eigenvalue weighted by Gasteiger charge is -1.88. The maximum Gasteiger partial charge on any atom is 0.131 e. The van der Waals surface area contributed by atoms with Crippen molar-refractivity contribution >= 4 is 0 Å². The van der Waals surface area contributed by atoms with Gasteiger partial charge in [-0.15, -0.1) is 0 Å². The molecule has 0 aliphatic heterocycles. The van der Waals surface area contributed by atoms with E-state index in [4.69, 9.17) is 5.11 Å². The second kappa shape index (κ2) is 6.15. The highest BCUT2D eigenvalue weighted by Crippen LogP contribution is 1.92. The molecule has 1 heterocycles. The Bertz CT molecular complexity index is 287. The largest absolute Gasteiger partial charge is 0.396 e. The molecule has 13 heavy (non-hydrogen) atoms. The molecule has 0 aliphatic rings. The van der Waals surface area contributed by atoms with Gasteiger partial charge in [0.2, 0.25) is 0 Å². The molecule has 0 unspecified atom stereocenters. The second-order valence-corrected chi connectivity index (χ2v) is 2.57. The number of aliphatic hydroxyl groups is 1. The van der Waals surface area contributed by atoms with Crippen LogP contribution >= 0.6 is 0 Å². The van der Waals surface area contributed by atoms with Gasteiger partial charge < -0.3 is 5.11 Å². The SMILES string of the molecule is OCCCCC#Cc1cnccn1. The van der Waals surface area contributed by atoms with Crippen molar-refractivity contribution in [2.24, 2.45) is 0 Å². The van der Waals surface area contributed by atoms with Crippen LogP contribution in [0.4, 0.5) is 0 Å². The predicted molar refractivity (Wildman–Crippen MR) is 49.8 cm³/mol. The first kappa shape index (κ1) is 9.69. The quantitative estimate of drug-likeness (QED) is 0.552. The van der Waals surface area contributed by atoms with Crippen LogP contribution < -0.4 is 0 Å². The molecule has 3 nitrogen and oxygen atoms in total. The summed E-state index contributed by atoms with van der Waals surface area (Å²) in [6, 6.07) is 0. The van der Waals surface area contributed by atoms with E-state index in [1.165, 1.54) is 0 Å². The smallest absolute Gasteiger partial charge is 0.131 e. The van der Waals surface area contributed by atoms with Crippen LogP contribution in [0.15, 0.2) is 18.6 Å². The predicted octanol–water partition coefficient (Wildman–Crippen LogP) is 0.991. The van der Waals surface area contributed by atoms with Crippen LogP contribution in [-0.2, 0) is 0 Å². The molecule has 0 bridgehead atoms. The third-order valence-electron chi connectivity index (χ3n) is 1.49. The Kier molecular flexibility index (Phi) is 4.58. The number of hydrogen-bond donors (Lipinski definition) is 1. The van der Waals surface area contributed by atoms with Gasteiger partial charge in [-0.1, -0.05) is 5.92 Å². The van der Waals surface area contributed by atoms with E-state index in [9.17, 15) is 0 Å². The zero-order valence-corrected chi connectivity index (χ0v) is 7.40. The Labute approximate surface area is 77.9 Å². The lowest BCUT2D eigenvalue weighted by atomic mass is 10.2. The average Bonchev–Trinajstić information content (AvgIpc) is 2.19. The molecular formula is C10H12N2O. The molecule has 0 spiro atoms. The van der Waals surface area contributed by atoms with E-state index in [2.05, 4.69) is 21.8 Å². The summed E-state index contributed by atoms with van der Waals surface area (Å²) in [5.41, 5.74) is 0.700. The third-order valence-corrected chi connectivity index (χ3v) is 1.49. The molecule has 0 saturated heterocycles. The standard InChI is InChI=1S/C10H12N2O/c13-8-4-2-1-3-5-10-9-11-6-7-12-10/h6-7,9,13H,1-2,4,8H2. The summed E-state index contributed by atoms with van der Waals surface area (Å²) in [5.74, 6) is 5.87. The van der Waals surface area contributed by atoms with Crippen molar-refractivity contribution in [3.05, 3.63) is 24.3 Å². The summed E-state index contributed by atoms with van der Waals surface area (Å²) in [6.07, 6.45) is 7.43. The van der Waals surface area contributed by atoms with Gasteiger partial charge >= 0.3 is 0 Å². The topological polar surface area (TPSA) is 46.0 Å². The molecule has 0 amide bonds. The fraction of sp³-hybridized carbons (Fsp3) is 0.400. The number of aromatic nitrogens is 2. The minimum atomic E-state index is 0.243. The van der Waals surface area contributed by atoms with Crippen LogP contribution in [0.25, 0.3) is 0 Å². The lowest BCUT2D eigenvalue weighted by molar-refractivity contribution is 0.285. The first-order valence-corrected chi connectivity index (χ1v) is 4.29. The summed E-state index contributed by atoms with van der Waals surface area (Å²) < 4.78 is 0. The second-order valence-electron chi connectivity index (χ2n) is 2.57. The van der Waals surface area contributed by atoms with Crippen molar-refractivity contribution in [1.82, 2.24) is 9.97 Å². The van der Waals surface area contributed by atoms with Gasteiger partial charge in [0.1, 0.15) is 5.69 Å². The van der Waals surface area contributed by atoms with Crippen LogP contribution in [-0.4, -0.2) is 21.7 Å². The van der Waals surface area contributed by atoms with Gasteiger partial charge in [0.15, 0.2) is 0 Å². The summed E-state index contributed by atoms with van der Waals surface area (Å²) in [5, 5.41) is 8.51. The maximum absolute atomic E-state index is 8.51. The van der Waals surface area contributed by atoms with Gasteiger partial charge in [0.25, 0.3) is 0 Å². The Hall–Kier alpha value is -1.40. The van der Waals surface area contributed by atoms with Crippen LogP contribution in [0.2, 0.25) is 0 Å². The fourth-order valence-electron chi connectivity index (χ4n) is 0.842. The molecule has 0 aromatic carbocycles.